The third-order valence-electron chi connectivity index (χ3n) is 2.85. The van der Waals surface area contributed by atoms with E-state index in [0.29, 0.717) is 12.1 Å². The highest BCUT2D eigenvalue weighted by Gasteiger charge is 2.10. The van der Waals surface area contributed by atoms with Crippen LogP contribution >= 0.6 is 0 Å². The molecule has 0 fully saturated rings. The van der Waals surface area contributed by atoms with E-state index in [4.69, 9.17) is 10.2 Å². The Kier molecular flexibility index (Phi) is 3.79. The van der Waals surface area contributed by atoms with Crippen molar-refractivity contribution < 1.29 is 9.21 Å². The number of nitrogens with two attached hydrogens (primary N) is 1. The Bertz CT molecular complexity index is 520. The van der Waals surface area contributed by atoms with Crippen LogP contribution in [0.4, 0.5) is 0 Å². The van der Waals surface area contributed by atoms with E-state index in [2.05, 4.69) is 5.32 Å². The molecule has 0 radical (unpaired) electrons. The van der Waals surface area contributed by atoms with Crippen LogP contribution in [0, 0.1) is 0 Å². The molecular formula is C14H16N2O2. The SMILES string of the molecule is C[C@@H](NCc1ccccc1C(N)=O)c1ccco1. The average molecular weight is 244 g/mol. The molecule has 3 N–H and O–H groups in total. The number of nitrogens with one attached hydrogen (secondary N) is 1. The smallest absolute Gasteiger partial charge is 0.249 e. The fourth-order valence-electron chi connectivity index (χ4n) is 1.82. The minimum absolute atomic E-state index is 0.0842. The zero-order valence-corrected chi connectivity index (χ0v) is 10.2. The monoisotopic (exact) mass is 244 g/mol. The van der Waals surface area contributed by atoms with Gasteiger partial charge in [0.05, 0.1) is 12.3 Å². The van der Waals surface area contributed by atoms with E-state index in [1.807, 2.05) is 31.2 Å². The maximum Gasteiger partial charge on any atom is 0.249 e. The number of carbonyl (C=O) groups excluding carboxylic acids is 1. The number of rotatable bonds is 5. The van der Waals surface area contributed by atoms with Crippen molar-refractivity contribution in [2.75, 3.05) is 0 Å². The Morgan fingerprint density at radius 3 is 2.78 bits per heavy atom. The van der Waals surface area contributed by atoms with E-state index < -0.39 is 5.91 Å². The molecule has 0 saturated carbocycles. The Morgan fingerprint density at radius 2 is 2.11 bits per heavy atom. The highest BCUT2D eigenvalue weighted by molar-refractivity contribution is 5.94. The van der Waals surface area contributed by atoms with Crippen LogP contribution in [-0.4, -0.2) is 5.91 Å². The molecule has 0 unspecified atom stereocenters. The van der Waals surface area contributed by atoms with Gasteiger partial charge in [0, 0.05) is 12.1 Å². The zero-order valence-electron chi connectivity index (χ0n) is 10.2. The molecule has 1 aromatic heterocycles. The van der Waals surface area contributed by atoms with Crippen LogP contribution in [-0.2, 0) is 6.54 Å². The minimum Gasteiger partial charge on any atom is -0.468 e. The molecule has 0 saturated heterocycles. The van der Waals surface area contributed by atoms with Gasteiger partial charge in [0.1, 0.15) is 5.76 Å². The number of furan rings is 1. The lowest BCUT2D eigenvalue weighted by Crippen LogP contribution is -2.21. The first-order chi connectivity index (χ1) is 8.68. The molecule has 2 rings (SSSR count). The summed E-state index contributed by atoms with van der Waals surface area (Å²) in [6.45, 7) is 2.58. The van der Waals surface area contributed by atoms with Gasteiger partial charge in [0.2, 0.25) is 5.91 Å². The van der Waals surface area contributed by atoms with E-state index in [9.17, 15) is 4.79 Å². The van der Waals surface area contributed by atoms with Gasteiger partial charge in [-0.25, -0.2) is 0 Å². The summed E-state index contributed by atoms with van der Waals surface area (Å²) >= 11 is 0. The quantitative estimate of drug-likeness (QED) is 0.847. The van der Waals surface area contributed by atoms with Gasteiger partial charge in [0.25, 0.3) is 0 Å². The van der Waals surface area contributed by atoms with Crippen molar-refractivity contribution in [2.24, 2.45) is 5.73 Å². The summed E-state index contributed by atoms with van der Waals surface area (Å²) in [5.74, 6) is 0.463. The van der Waals surface area contributed by atoms with Gasteiger partial charge in [-0.1, -0.05) is 18.2 Å². The number of amides is 1. The summed E-state index contributed by atoms with van der Waals surface area (Å²) in [6, 6.07) is 11.2. The zero-order chi connectivity index (χ0) is 13.0. The van der Waals surface area contributed by atoms with Gasteiger partial charge in [0.15, 0.2) is 0 Å². The van der Waals surface area contributed by atoms with Gasteiger partial charge >= 0.3 is 0 Å². The lowest BCUT2D eigenvalue weighted by Gasteiger charge is -2.12. The first kappa shape index (κ1) is 12.4. The molecule has 94 valence electrons. The Morgan fingerprint density at radius 1 is 1.33 bits per heavy atom. The van der Waals surface area contributed by atoms with Crippen LogP contribution < -0.4 is 11.1 Å². The van der Waals surface area contributed by atoms with Crippen molar-refractivity contribution in [1.29, 1.82) is 0 Å². The van der Waals surface area contributed by atoms with Gasteiger partial charge < -0.3 is 15.5 Å². The van der Waals surface area contributed by atoms with Crippen molar-refractivity contribution in [3.05, 3.63) is 59.5 Å². The third kappa shape index (κ3) is 2.78. The molecule has 1 atom stereocenters. The molecule has 1 heterocycles. The van der Waals surface area contributed by atoms with Gasteiger partial charge in [-0.05, 0) is 30.7 Å². The molecule has 2 aromatic rings. The maximum absolute atomic E-state index is 11.3. The van der Waals surface area contributed by atoms with Crippen molar-refractivity contribution in [3.63, 3.8) is 0 Å². The molecule has 0 aliphatic rings. The first-order valence-electron chi connectivity index (χ1n) is 5.83. The predicted octanol–water partition coefficient (Wildman–Crippen LogP) is 2.23. The van der Waals surface area contributed by atoms with Crippen LogP contribution in [0.1, 0.15) is 34.6 Å². The summed E-state index contributed by atoms with van der Waals surface area (Å²) in [4.78, 5) is 11.3. The Labute approximate surface area is 106 Å². The normalized spacial score (nSPS) is 12.3. The van der Waals surface area contributed by atoms with E-state index in [-0.39, 0.29) is 6.04 Å². The number of primary amides is 1. The van der Waals surface area contributed by atoms with Crippen LogP contribution in [0.3, 0.4) is 0 Å². The van der Waals surface area contributed by atoms with E-state index in [0.717, 1.165) is 11.3 Å². The molecule has 1 amide bonds. The lowest BCUT2D eigenvalue weighted by molar-refractivity contribution is 0.0999. The topological polar surface area (TPSA) is 68.3 Å². The molecule has 0 spiro atoms. The molecular weight excluding hydrogens is 228 g/mol. The second-order valence-corrected chi connectivity index (χ2v) is 4.14. The summed E-state index contributed by atoms with van der Waals surface area (Å²) in [6.07, 6.45) is 1.64. The maximum atomic E-state index is 11.3. The van der Waals surface area contributed by atoms with Crippen LogP contribution in [0.2, 0.25) is 0 Å². The van der Waals surface area contributed by atoms with Gasteiger partial charge in [-0.2, -0.15) is 0 Å². The lowest BCUT2D eigenvalue weighted by atomic mass is 10.1. The predicted molar refractivity (Wildman–Crippen MR) is 68.9 cm³/mol. The number of benzene rings is 1. The second-order valence-electron chi connectivity index (χ2n) is 4.14. The number of hydrogen-bond acceptors (Lipinski definition) is 3. The van der Waals surface area contributed by atoms with E-state index >= 15 is 0 Å². The molecule has 0 aliphatic heterocycles. The Balaban J connectivity index is 2.04. The van der Waals surface area contributed by atoms with Crippen molar-refractivity contribution >= 4 is 5.91 Å². The van der Waals surface area contributed by atoms with Crippen LogP contribution in [0.25, 0.3) is 0 Å². The molecule has 0 bridgehead atoms. The molecule has 4 heteroatoms. The molecule has 4 nitrogen and oxygen atoms in total. The Hall–Kier alpha value is -2.07. The van der Waals surface area contributed by atoms with E-state index in [1.165, 1.54) is 0 Å². The number of carbonyl (C=O) groups is 1. The van der Waals surface area contributed by atoms with E-state index in [1.54, 1.807) is 18.4 Å². The second kappa shape index (κ2) is 5.51. The first-order valence-corrected chi connectivity index (χ1v) is 5.83. The fourth-order valence-corrected chi connectivity index (χ4v) is 1.82. The van der Waals surface area contributed by atoms with Crippen molar-refractivity contribution in [1.82, 2.24) is 5.32 Å². The number of hydrogen-bond donors (Lipinski definition) is 2. The standard InChI is InChI=1S/C14H16N2O2/c1-10(13-7-4-8-18-13)16-9-11-5-2-3-6-12(11)14(15)17/h2-8,10,16H,9H2,1H3,(H2,15,17)/t10-/m1/s1. The molecule has 1 aromatic carbocycles. The summed E-state index contributed by atoms with van der Waals surface area (Å²) in [7, 11) is 0. The van der Waals surface area contributed by atoms with Crippen LogP contribution in [0.15, 0.2) is 47.1 Å². The summed E-state index contributed by atoms with van der Waals surface area (Å²) in [5, 5.41) is 3.30. The summed E-state index contributed by atoms with van der Waals surface area (Å²) in [5.41, 5.74) is 6.77. The highest BCUT2D eigenvalue weighted by atomic mass is 16.3. The average Bonchev–Trinajstić information content (AvgIpc) is 2.90. The largest absolute Gasteiger partial charge is 0.468 e. The minimum atomic E-state index is -0.405. The van der Waals surface area contributed by atoms with Crippen LogP contribution in [0.5, 0.6) is 0 Å². The molecule has 18 heavy (non-hydrogen) atoms. The third-order valence-corrected chi connectivity index (χ3v) is 2.85. The van der Waals surface area contributed by atoms with Crippen molar-refractivity contribution in [3.8, 4) is 0 Å². The van der Waals surface area contributed by atoms with Gasteiger partial charge in [-0.15, -0.1) is 0 Å². The van der Waals surface area contributed by atoms with Crippen molar-refractivity contribution in [2.45, 2.75) is 19.5 Å². The molecule has 0 aliphatic carbocycles. The highest BCUT2D eigenvalue weighted by Crippen LogP contribution is 2.14. The summed E-state index contributed by atoms with van der Waals surface area (Å²) < 4.78 is 5.31. The van der Waals surface area contributed by atoms with Gasteiger partial charge in [-0.3, -0.25) is 4.79 Å². The fraction of sp³-hybridized carbons (Fsp3) is 0.214.